The van der Waals surface area contributed by atoms with E-state index in [4.69, 9.17) is 4.74 Å². The molecule has 0 heterocycles. The van der Waals surface area contributed by atoms with E-state index in [1.54, 1.807) is 0 Å². The summed E-state index contributed by atoms with van der Waals surface area (Å²) in [6.07, 6.45) is 7.75. The maximum absolute atomic E-state index is 11.9. The van der Waals surface area contributed by atoms with Gasteiger partial charge in [0.2, 0.25) is 0 Å². The van der Waals surface area contributed by atoms with E-state index in [1.807, 2.05) is 6.92 Å². The van der Waals surface area contributed by atoms with Crippen LogP contribution < -0.4 is 5.32 Å². The first-order valence-corrected chi connectivity index (χ1v) is 7.62. The Morgan fingerprint density at radius 1 is 1.00 bits per heavy atom. The summed E-state index contributed by atoms with van der Waals surface area (Å²) >= 11 is 0. The van der Waals surface area contributed by atoms with Crippen molar-refractivity contribution in [3.63, 3.8) is 0 Å². The lowest BCUT2D eigenvalue weighted by Crippen LogP contribution is -2.44. The number of rotatable bonds is 11. The number of ether oxygens (including phenoxy) is 1. The smallest absolute Gasteiger partial charge is 0.323 e. The Morgan fingerprint density at radius 2 is 1.67 bits per heavy atom. The molecule has 3 nitrogen and oxygen atoms in total. The SMILES string of the molecule is CCCCC(CCC)NC(CCC)C(=O)OCC. The average Bonchev–Trinajstić information content (AvgIpc) is 2.35. The van der Waals surface area contributed by atoms with Crippen molar-refractivity contribution in [1.29, 1.82) is 0 Å². The van der Waals surface area contributed by atoms with Crippen LogP contribution in [0.4, 0.5) is 0 Å². The Morgan fingerprint density at radius 3 is 2.17 bits per heavy atom. The number of carbonyl (C=O) groups excluding carboxylic acids is 1. The molecule has 0 aromatic carbocycles. The lowest BCUT2D eigenvalue weighted by molar-refractivity contribution is -0.146. The summed E-state index contributed by atoms with van der Waals surface area (Å²) in [5, 5.41) is 3.50. The molecule has 2 atom stereocenters. The third-order valence-corrected chi connectivity index (χ3v) is 3.13. The summed E-state index contributed by atoms with van der Waals surface area (Å²) in [6, 6.07) is 0.333. The average molecular weight is 257 g/mol. The first kappa shape index (κ1) is 17.4. The first-order valence-electron chi connectivity index (χ1n) is 7.62. The highest BCUT2D eigenvalue weighted by Gasteiger charge is 2.21. The maximum atomic E-state index is 11.9. The number of hydrogen-bond acceptors (Lipinski definition) is 3. The summed E-state index contributed by atoms with van der Waals surface area (Å²) in [5.74, 6) is -0.0862. The van der Waals surface area contributed by atoms with Crippen molar-refractivity contribution in [2.45, 2.75) is 84.7 Å². The molecule has 0 radical (unpaired) electrons. The zero-order valence-corrected chi connectivity index (χ0v) is 12.6. The molecule has 0 rings (SSSR count). The molecule has 0 aromatic rings. The van der Waals surface area contributed by atoms with Gasteiger partial charge in [0.25, 0.3) is 0 Å². The van der Waals surface area contributed by atoms with Crippen LogP contribution in [-0.4, -0.2) is 24.7 Å². The van der Waals surface area contributed by atoms with E-state index < -0.39 is 0 Å². The molecule has 3 heteroatoms. The molecule has 2 unspecified atom stereocenters. The van der Waals surface area contributed by atoms with Gasteiger partial charge in [0, 0.05) is 6.04 Å². The molecule has 0 aliphatic rings. The van der Waals surface area contributed by atoms with Crippen LogP contribution in [0, 0.1) is 0 Å². The van der Waals surface area contributed by atoms with Gasteiger partial charge in [-0.3, -0.25) is 4.79 Å². The van der Waals surface area contributed by atoms with Gasteiger partial charge in [-0.25, -0.2) is 0 Å². The van der Waals surface area contributed by atoms with Crippen molar-refractivity contribution in [2.75, 3.05) is 6.61 Å². The van der Waals surface area contributed by atoms with Crippen LogP contribution >= 0.6 is 0 Å². The minimum Gasteiger partial charge on any atom is -0.465 e. The first-order chi connectivity index (χ1) is 8.69. The third kappa shape index (κ3) is 7.70. The van der Waals surface area contributed by atoms with Crippen molar-refractivity contribution in [2.24, 2.45) is 0 Å². The summed E-state index contributed by atoms with van der Waals surface area (Å²) in [7, 11) is 0. The molecule has 1 N–H and O–H groups in total. The molecule has 0 aliphatic heterocycles. The van der Waals surface area contributed by atoms with Crippen molar-refractivity contribution >= 4 is 5.97 Å². The summed E-state index contributed by atoms with van der Waals surface area (Å²) in [6.45, 7) is 8.84. The number of carbonyl (C=O) groups is 1. The number of hydrogen-bond donors (Lipinski definition) is 1. The Labute approximate surface area is 113 Å². The minimum absolute atomic E-state index is 0.0862. The quantitative estimate of drug-likeness (QED) is 0.574. The number of unbranched alkanes of at least 4 members (excludes halogenated alkanes) is 1. The van der Waals surface area contributed by atoms with Crippen LogP contribution in [0.1, 0.15) is 72.6 Å². The zero-order valence-electron chi connectivity index (χ0n) is 12.6. The molecular formula is C15H31NO2. The summed E-state index contributed by atoms with van der Waals surface area (Å²) in [5.41, 5.74) is 0. The molecule has 0 aliphatic carbocycles. The normalized spacial score (nSPS) is 14.2. The summed E-state index contributed by atoms with van der Waals surface area (Å²) < 4.78 is 5.14. The molecule has 18 heavy (non-hydrogen) atoms. The van der Waals surface area contributed by atoms with Gasteiger partial charge in [-0.15, -0.1) is 0 Å². The fourth-order valence-corrected chi connectivity index (χ4v) is 2.20. The van der Waals surface area contributed by atoms with Crippen molar-refractivity contribution in [1.82, 2.24) is 5.32 Å². The van der Waals surface area contributed by atoms with Crippen LogP contribution in [0.25, 0.3) is 0 Å². The third-order valence-electron chi connectivity index (χ3n) is 3.13. The zero-order chi connectivity index (χ0) is 13.8. The molecule has 0 aromatic heterocycles. The fraction of sp³-hybridized carbons (Fsp3) is 0.933. The molecule has 108 valence electrons. The molecule has 0 saturated carbocycles. The van der Waals surface area contributed by atoms with E-state index in [0.29, 0.717) is 12.6 Å². The van der Waals surface area contributed by atoms with Gasteiger partial charge >= 0.3 is 5.97 Å². The highest BCUT2D eigenvalue weighted by atomic mass is 16.5. The number of nitrogens with one attached hydrogen (secondary N) is 1. The van der Waals surface area contributed by atoms with Crippen LogP contribution in [0.15, 0.2) is 0 Å². The topological polar surface area (TPSA) is 38.3 Å². The van der Waals surface area contributed by atoms with Crippen molar-refractivity contribution in [3.8, 4) is 0 Å². The van der Waals surface area contributed by atoms with Gasteiger partial charge in [-0.05, 0) is 26.2 Å². The highest BCUT2D eigenvalue weighted by Crippen LogP contribution is 2.10. The lowest BCUT2D eigenvalue weighted by Gasteiger charge is -2.24. The van der Waals surface area contributed by atoms with E-state index >= 15 is 0 Å². The van der Waals surface area contributed by atoms with E-state index in [0.717, 1.165) is 32.1 Å². The van der Waals surface area contributed by atoms with Crippen LogP contribution in [0.2, 0.25) is 0 Å². The molecule has 0 fully saturated rings. The summed E-state index contributed by atoms with van der Waals surface area (Å²) in [4.78, 5) is 11.9. The van der Waals surface area contributed by atoms with E-state index in [-0.39, 0.29) is 12.0 Å². The lowest BCUT2D eigenvalue weighted by atomic mass is 10.0. The Hall–Kier alpha value is -0.570. The maximum Gasteiger partial charge on any atom is 0.323 e. The number of esters is 1. The van der Waals surface area contributed by atoms with Gasteiger partial charge < -0.3 is 10.1 Å². The standard InChI is InChI=1S/C15H31NO2/c1-5-9-12-13(10-6-2)16-14(11-7-3)15(17)18-8-4/h13-14,16H,5-12H2,1-4H3. The predicted octanol–water partition coefficient (Wildman–Crippen LogP) is 3.67. The van der Waals surface area contributed by atoms with Gasteiger partial charge in [0.05, 0.1) is 6.61 Å². The van der Waals surface area contributed by atoms with E-state index in [1.165, 1.54) is 12.8 Å². The second kappa shape index (κ2) is 11.5. The van der Waals surface area contributed by atoms with E-state index in [9.17, 15) is 4.79 Å². The minimum atomic E-state index is -0.122. The predicted molar refractivity (Wildman–Crippen MR) is 76.7 cm³/mol. The van der Waals surface area contributed by atoms with Crippen LogP contribution in [-0.2, 0) is 9.53 Å². The van der Waals surface area contributed by atoms with Gasteiger partial charge in [-0.1, -0.05) is 46.5 Å². The van der Waals surface area contributed by atoms with E-state index in [2.05, 4.69) is 26.1 Å². The second-order valence-electron chi connectivity index (χ2n) is 4.89. The van der Waals surface area contributed by atoms with Crippen molar-refractivity contribution in [3.05, 3.63) is 0 Å². The van der Waals surface area contributed by atoms with Gasteiger partial charge in [-0.2, -0.15) is 0 Å². The van der Waals surface area contributed by atoms with Crippen molar-refractivity contribution < 1.29 is 9.53 Å². The Bertz CT molecular complexity index is 207. The molecule has 0 saturated heterocycles. The second-order valence-corrected chi connectivity index (χ2v) is 4.89. The monoisotopic (exact) mass is 257 g/mol. The fourth-order valence-electron chi connectivity index (χ4n) is 2.20. The van der Waals surface area contributed by atoms with Crippen LogP contribution in [0.3, 0.4) is 0 Å². The van der Waals surface area contributed by atoms with Gasteiger partial charge in [0.1, 0.15) is 6.04 Å². The molecular weight excluding hydrogens is 226 g/mol. The molecule has 0 bridgehead atoms. The Balaban J connectivity index is 4.33. The largest absolute Gasteiger partial charge is 0.465 e. The molecule has 0 spiro atoms. The molecule has 0 amide bonds. The van der Waals surface area contributed by atoms with Crippen LogP contribution in [0.5, 0.6) is 0 Å². The highest BCUT2D eigenvalue weighted by molar-refractivity contribution is 5.75. The van der Waals surface area contributed by atoms with Gasteiger partial charge in [0.15, 0.2) is 0 Å². The Kier molecular flexibility index (Phi) is 11.2.